The first-order valence-corrected chi connectivity index (χ1v) is 4.23. The zero-order valence-corrected chi connectivity index (χ0v) is 7.55. The lowest BCUT2D eigenvalue weighted by atomic mass is 10.1. The Bertz CT molecular complexity index is 179. The molecular formula is C9H17AlO3. The zero-order chi connectivity index (χ0) is 9.56. The van der Waals surface area contributed by atoms with Gasteiger partial charge in [-0.25, -0.2) is 0 Å². The van der Waals surface area contributed by atoms with Crippen molar-refractivity contribution >= 4 is 34.7 Å². The van der Waals surface area contributed by atoms with E-state index in [0.29, 0.717) is 12.8 Å². The summed E-state index contributed by atoms with van der Waals surface area (Å²) in [5, 5.41) is 0. The third-order valence-electron chi connectivity index (χ3n) is 1.46. The molecule has 0 bridgehead atoms. The summed E-state index contributed by atoms with van der Waals surface area (Å²) in [4.78, 5) is 32.7. The Hall–Kier alpha value is -0.458. The minimum atomic E-state index is -0.821. The van der Waals surface area contributed by atoms with Gasteiger partial charge in [-0.1, -0.05) is 13.8 Å². The first kappa shape index (κ1) is 15.0. The molecule has 0 aromatic rings. The molecule has 0 aliphatic rings. The topological polar surface area (TPSA) is 51.2 Å². The highest BCUT2D eigenvalue weighted by Gasteiger charge is 2.19. The van der Waals surface area contributed by atoms with Crippen LogP contribution in [0.4, 0.5) is 0 Å². The number of hydrogen-bond donors (Lipinski definition) is 0. The van der Waals surface area contributed by atoms with Crippen LogP contribution < -0.4 is 0 Å². The Labute approximate surface area is 89.0 Å². The Morgan fingerprint density at radius 3 is 1.38 bits per heavy atom. The molecule has 0 rings (SSSR count). The van der Waals surface area contributed by atoms with Crippen molar-refractivity contribution in [1.82, 2.24) is 0 Å². The van der Waals surface area contributed by atoms with E-state index in [-0.39, 0.29) is 30.2 Å². The number of hydrogen-bond acceptors (Lipinski definition) is 3. The van der Waals surface area contributed by atoms with Crippen LogP contribution in [0.1, 0.15) is 39.5 Å². The second-order valence-electron chi connectivity index (χ2n) is 2.68. The summed E-state index contributed by atoms with van der Waals surface area (Å²) < 4.78 is 0. The van der Waals surface area contributed by atoms with Gasteiger partial charge in [-0.15, -0.1) is 0 Å². The lowest BCUT2D eigenvalue weighted by Crippen LogP contribution is -2.23. The second-order valence-corrected chi connectivity index (χ2v) is 2.68. The molecule has 0 radical (unpaired) electrons. The molecule has 13 heavy (non-hydrogen) atoms. The molecule has 0 atom stereocenters. The van der Waals surface area contributed by atoms with Crippen molar-refractivity contribution in [3.05, 3.63) is 0 Å². The summed E-state index contributed by atoms with van der Waals surface area (Å²) in [5.74, 6) is -1.91. The van der Waals surface area contributed by atoms with Crippen LogP contribution in [0.5, 0.6) is 0 Å². The van der Waals surface area contributed by atoms with E-state index in [1.165, 1.54) is 0 Å². The summed E-state index contributed by atoms with van der Waals surface area (Å²) in [6.07, 6.45) is 1.61. The van der Waals surface area contributed by atoms with Crippen molar-refractivity contribution in [3.63, 3.8) is 0 Å². The molecule has 0 amide bonds. The quantitative estimate of drug-likeness (QED) is 0.347. The molecule has 0 spiro atoms. The first-order chi connectivity index (χ1) is 5.63. The van der Waals surface area contributed by atoms with Gasteiger partial charge in [-0.2, -0.15) is 0 Å². The molecule has 0 heterocycles. The van der Waals surface area contributed by atoms with E-state index in [4.69, 9.17) is 0 Å². The molecule has 3 nitrogen and oxygen atoms in total. The molecule has 0 saturated carbocycles. The van der Waals surface area contributed by atoms with E-state index in [1.54, 1.807) is 13.8 Å². The predicted molar refractivity (Wildman–Crippen MR) is 54.8 cm³/mol. The van der Waals surface area contributed by atoms with E-state index >= 15 is 0 Å². The highest BCUT2D eigenvalue weighted by Crippen LogP contribution is 1.96. The van der Waals surface area contributed by atoms with E-state index in [9.17, 15) is 14.4 Å². The molecule has 0 fully saturated rings. The lowest BCUT2D eigenvalue weighted by Gasteiger charge is -1.95. The maximum Gasteiger partial charge on any atom is 0.264 e. The van der Waals surface area contributed by atoms with Gasteiger partial charge in [-0.05, 0) is 12.8 Å². The third-order valence-corrected chi connectivity index (χ3v) is 1.46. The summed E-state index contributed by atoms with van der Waals surface area (Å²) in [6, 6.07) is 0. The number of Topliss-reactive ketones (excluding diaryl/α,β-unsaturated/α-hetero) is 3. The third kappa shape index (κ3) is 5.73. The SMILES string of the molecule is CCCC(=O)C(=O)C(=O)CCC.[AlH3]. The Morgan fingerprint density at radius 2 is 1.15 bits per heavy atom. The minimum Gasteiger partial charge on any atom is -0.290 e. The highest BCUT2D eigenvalue weighted by atomic mass is 27.0. The number of ketones is 3. The summed E-state index contributed by atoms with van der Waals surface area (Å²) in [6.45, 7) is 3.60. The van der Waals surface area contributed by atoms with Crippen molar-refractivity contribution in [2.45, 2.75) is 39.5 Å². The largest absolute Gasteiger partial charge is 0.290 e. The first-order valence-electron chi connectivity index (χ1n) is 4.23. The van der Waals surface area contributed by atoms with Crippen LogP contribution >= 0.6 is 0 Å². The van der Waals surface area contributed by atoms with Crippen molar-refractivity contribution < 1.29 is 14.4 Å². The maximum absolute atomic E-state index is 10.9. The molecule has 4 heteroatoms. The van der Waals surface area contributed by atoms with Gasteiger partial charge in [0.15, 0.2) is 17.4 Å². The second kappa shape index (κ2) is 8.15. The predicted octanol–water partition coefficient (Wildman–Crippen LogP) is 0.110. The molecule has 0 aliphatic carbocycles. The maximum atomic E-state index is 10.9. The summed E-state index contributed by atoms with van der Waals surface area (Å²) >= 11 is 0. The fourth-order valence-electron chi connectivity index (χ4n) is 0.837. The molecular weight excluding hydrogens is 183 g/mol. The normalized spacial score (nSPS) is 8.77. The van der Waals surface area contributed by atoms with Crippen LogP contribution in [0.15, 0.2) is 0 Å². The van der Waals surface area contributed by atoms with Crippen molar-refractivity contribution in [2.24, 2.45) is 0 Å². The van der Waals surface area contributed by atoms with E-state index < -0.39 is 17.3 Å². The standard InChI is InChI=1S/C9H14O3.Al.3H/c1-3-5-7(10)9(12)8(11)6-4-2;;;;/h3-6H2,1-2H3;;;;. The Kier molecular flexibility index (Phi) is 9.43. The number of carbonyl (C=O) groups excluding carboxylic acids is 3. The van der Waals surface area contributed by atoms with Gasteiger partial charge in [0.25, 0.3) is 5.78 Å². The van der Waals surface area contributed by atoms with Gasteiger partial charge in [-0.3, -0.25) is 14.4 Å². The monoisotopic (exact) mass is 200 g/mol. The fraction of sp³-hybridized carbons (Fsp3) is 0.667. The molecule has 0 aromatic heterocycles. The van der Waals surface area contributed by atoms with Crippen LogP contribution in [0.25, 0.3) is 0 Å². The van der Waals surface area contributed by atoms with Crippen LogP contribution in [-0.2, 0) is 14.4 Å². The molecule has 0 saturated heterocycles. The van der Waals surface area contributed by atoms with Gasteiger partial charge in [0.1, 0.15) is 0 Å². The fourth-order valence-corrected chi connectivity index (χ4v) is 0.837. The minimum absolute atomic E-state index is 0. The van der Waals surface area contributed by atoms with E-state index in [0.717, 1.165) is 0 Å². The lowest BCUT2D eigenvalue weighted by molar-refractivity contribution is -0.144. The highest BCUT2D eigenvalue weighted by molar-refractivity contribution is 6.63. The molecule has 74 valence electrons. The van der Waals surface area contributed by atoms with Gasteiger partial charge in [0, 0.05) is 12.8 Å². The molecule has 0 aliphatic heterocycles. The number of carbonyl (C=O) groups is 3. The van der Waals surface area contributed by atoms with Crippen LogP contribution in [0.3, 0.4) is 0 Å². The van der Waals surface area contributed by atoms with Gasteiger partial charge in [0.2, 0.25) is 11.6 Å². The van der Waals surface area contributed by atoms with Crippen molar-refractivity contribution in [2.75, 3.05) is 0 Å². The van der Waals surface area contributed by atoms with Crippen molar-refractivity contribution in [1.29, 1.82) is 0 Å². The van der Waals surface area contributed by atoms with Gasteiger partial charge >= 0.3 is 0 Å². The average Bonchev–Trinajstić information content (AvgIpc) is 2.04. The van der Waals surface area contributed by atoms with Crippen molar-refractivity contribution in [3.8, 4) is 0 Å². The van der Waals surface area contributed by atoms with E-state index in [1.807, 2.05) is 0 Å². The summed E-state index contributed by atoms with van der Waals surface area (Å²) in [5.41, 5.74) is 0. The molecule has 0 unspecified atom stereocenters. The summed E-state index contributed by atoms with van der Waals surface area (Å²) in [7, 11) is 0. The average molecular weight is 200 g/mol. The zero-order valence-electron chi connectivity index (χ0n) is 7.55. The molecule has 0 N–H and O–H groups in total. The number of rotatable bonds is 6. The van der Waals surface area contributed by atoms with Crippen LogP contribution in [-0.4, -0.2) is 34.7 Å². The molecule has 0 aromatic carbocycles. The van der Waals surface area contributed by atoms with Crippen LogP contribution in [0.2, 0.25) is 0 Å². The van der Waals surface area contributed by atoms with Gasteiger partial charge in [0.05, 0.1) is 0 Å². The van der Waals surface area contributed by atoms with Crippen LogP contribution in [0, 0.1) is 0 Å². The Morgan fingerprint density at radius 1 is 0.846 bits per heavy atom. The smallest absolute Gasteiger partial charge is 0.264 e. The van der Waals surface area contributed by atoms with Gasteiger partial charge < -0.3 is 0 Å². The van der Waals surface area contributed by atoms with E-state index in [2.05, 4.69) is 0 Å². The Balaban J connectivity index is 0.